The first kappa shape index (κ1) is 33.4. The van der Waals surface area contributed by atoms with Gasteiger partial charge in [-0.2, -0.15) is 0 Å². The van der Waals surface area contributed by atoms with Gasteiger partial charge in [0.05, 0.1) is 10.6 Å². The van der Waals surface area contributed by atoms with Crippen molar-refractivity contribution < 1.29 is 18.0 Å². The number of rotatable bonds is 13. The van der Waals surface area contributed by atoms with E-state index in [2.05, 4.69) is 37.2 Å². The molecule has 0 aliphatic heterocycles. The second-order valence-corrected chi connectivity index (χ2v) is 14.5. The number of benzene rings is 4. The summed E-state index contributed by atoms with van der Waals surface area (Å²) in [5.74, 6) is -0.596. The number of carbonyl (C=O) groups excluding carboxylic acids is 2. The lowest BCUT2D eigenvalue weighted by molar-refractivity contribution is -0.140. The van der Waals surface area contributed by atoms with Gasteiger partial charge in [-0.3, -0.25) is 13.9 Å². The molecule has 10 heteroatoms. The first-order valence-electron chi connectivity index (χ1n) is 14.2. The van der Waals surface area contributed by atoms with Crippen LogP contribution in [0.1, 0.15) is 25.0 Å². The molecule has 44 heavy (non-hydrogen) atoms. The highest BCUT2D eigenvalue weighted by atomic mass is 79.9. The van der Waals surface area contributed by atoms with Gasteiger partial charge < -0.3 is 10.2 Å². The quantitative estimate of drug-likeness (QED) is 0.163. The maximum absolute atomic E-state index is 14.4. The third-order valence-corrected chi connectivity index (χ3v) is 9.79. The predicted molar refractivity (Wildman–Crippen MR) is 182 cm³/mol. The van der Waals surface area contributed by atoms with Crippen LogP contribution >= 0.6 is 31.9 Å². The molecular formula is C34H35Br2N3O4S. The number of sulfonamides is 1. The summed E-state index contributed by atoms with van der Waals surface area (Å²) in [6.07, 6.45) is 0.261. The zero-order valence-corrected chi connectivity index (χ0v) is 28.6. The summed E-state index contributed by atoms with van der Waals surface area (Å²) in [5.41, 5.74) is 2.02. The molecule has 2 amide bonds. The van der Waals surface area contributed by atoms with E-state index in [4.69, 9.17) is 0 Å². The van der Waals surface area contributed by atoms with E-state index in [1.54, 1.807) is 42.5 Å². The van der Waals surface area contributed by atoms with Crippen LogP contribution in [0.3, 0.4) is 0 Å². The zero-order chi connectivity index (χ0) is 31.7. The lowest BCUT2D eigenvalue weighted by Crippen LogP contribution is -2.53. The number of hydrogen-bond acceptors (Lipinski definition) is 4. The van der Waals surface area contributed by atoms with Crippen molar-refractivity contribution in [2.75, 3.05) is 17.4 Å². The van der Waals surface area contributed by atoms with E-state index in [0.29, 0.717) is 12.2 Å². The van der Waals surface area contributed by atoms with Crippen LogP contribution in [0.5, 0.6) is 0 Å². The van der Waals surface area contributed by atoms with Crippen LogP contribution < -0.4 is 9.62 Å². The molecule has 4 aromatic rings. The van der Waals surface area contributed by atoms with E-state index in [1.165, 1.54) is 17.0 Å². The van der Waals surface area contributed by atoms with Crippen molar-refractivity contribution in [1.82, 2.24) is 10.2 Å². The Labute approximate surface area is 276 Å². The second kappa shape index (κ2) is 15.5. The topological polar surface area (TPSA) is 86.8 Å². The highest BCUT2D eigenvalue weighted by molar-refractivity contribution is 9.10. The summed E-state index contributed by atoms with van der Waals surface area (Å²) >= 11 is 6.86. The molecule has 0 fully saturated rings. The Balaban J connectivity index is 1.78. The number of nitrogens with zero attached hydrogens (tertiary/aromatic N) is 2. The monoisotopic (exact) mass is 739 g/mol. The Bertz CT molecular complexity index is 1630. The van der Waals surface area contributed by atoms with Crippen molar-refractivity contribution in [2.24, 2.45) is 5.92 Å². The SMILES string of the molecule is CC(C)CNC(=O)[C@@H](Cc1ccccc1)N(Cc1ccc(Br)cc1)C(=O)CN(c1ccc(Br)cc1)S(=O)(=O)c1ccccc1. The van der Waals surface area contributed by atoms with Crippen LogP contribution in [0.2, 0.25) is 0 Å². The first-order chi connectivity index (χ1) is 21.0. The molecular weight excluding hydrogens is 706 g/mol. The molecule has 0 bridgehead atoms. The Morgan fingerprint density at radius 3 is 1.86 bits per heavy atom. The van der Waals surface area contributed by atoms with E-state index in [9.17, 15) is 18.0 Å². The molecule has 0 radical (unpaired) electrons. The van der Waals surface area contributed by atoms with Crippen LogP contribution in [0.15, 0.2) is 123 Å². The molecule has 0 aliphatic carbocycles. The Morgan fingerprint density at radius 2 is 1.30 bits per heavy atom. The van der Waals surface area contributed by atoms with Crippen LogP contribution in [0.4, 0.5) is 5.69 Å². The summed E-state index contributed by atoms with van der Waals surface area (Å²) in [5, 5.41) is 3.00. The smallest absolute Gasteiger partial charge is 0.264 e. The Hall–Kier alpha value is -3.47. The second-order valence-electron chi connectivity index (χ2n) is 10.8. The molecule has 4 rings (SSSR count). The van der Waals surface area contributed by atoms with E-state index in [0.717, 1.165) is 24.4 Å². The highest BCUT2D eigenvalue weighted by Gasteiger charge is 2.34. The molecule has 0 aromatic heterocycles. The number of anilines is 1. The summed E-state index contributed by atoms with van der Waals surface area (Å²) in [7, 11) is -4.14. The van der Waals surface area contributed by atoms with E-state index in [1.807, 2.05) is 68.4 Å². The van der Waals surface area contributed by atoms with E-state index in [-0.39, 0.29) is 29.7 Å². The van der Waals surface area contributed by atoms with E-state index >= 15 is 0 Å². The van der Waals surface area contributed by atoms with Crippen molar-refractivity contribution in [3.8, 4) is 0 Å². The van der Waals surface area contributed by atoms with Gasteiger partial charge in [0.15, 0.2) is 0 Å². The molecule has 0 spiro atoms. The van der Waals surface area contributed by atoms with Crippen LogP contribution in [-0.4, -0.2) is 44.3 Å². The number of nitrogens with one attached hydrogen (secondary N) is 1. The third kappa shape index (κ3) is 9.03. The maximum atomic E-state index is 14.4. The minimum absolute atomic E-state index is 0.0608. The van der Waals surface area contributed by atoms with Gasteiger partial charge in [0.25, 0.3) is 10.0 Å². The molecule has 1 N–H and O–H groups in total. The number of halogens is 2. The molecule has 230 valence electrons. The van der Waals surface area contributed by atoms with Crippen molar-refractivity contribution in [1.29, 1.82) is 0 Å². The number of amides is 2. The maximum Gasteiger partial charge on any atom is 0.264 e. The first-order valence-corrected chi connectivity index (χ1v) is 17.3. The largest absolute Gasteiger partial charge is 0.354 e. The Kier molecular flexibility index (Phi) is 11.8. The van der Waals surface area contributed by atoms with Gasteiger partial charge in [-0.05, 0) is 65.6 Å². The minimum Gasteiger partial charge on any atom is -0.354 e. The van der Waals surface area contributed by atoms with Crippen molar-refractivity contribution in [3.63, 3.8) is 0 Å². The lowest BCUT2D eigenvalue weighted by atomic mass is 10.0. The average Bonchev–Trinajstić information content (AvgIpc) is 3.02. The molecule has 0 heterocycles. The minimum atomic E-state index is -4.14. The highest BCUT2D eigenvalue weighted by Crippen LogP contribution is 2.26. The fourth-order valence-electron chi connectivity index (χ4n) is 4.62. The predicted octanol–water partition coefficient (Wildman–Crippen LogP) is 6.82. The summed E-state index contributed by atoms with van der Waals surface area (Å²) < 4.78 is 30.8. The average molecular weight is 742 g/mol. The fourth-order valence-corrected chi connectivity index (χ4v) is 6.58. The fraction of sp³-hybridized carbons (Fsp3) is 0.235. The molecule has 0 saturated heterocycles. The Morgan fingerprint density at radius 1 is 0.750 bits per heavy atom. The van der Waals surface area contributed by atoms with Gasteiger partial charge >= 0.3 is 0 Å². The van der Waals surface area contributed by atoms with Crippen LogP contribution in [0, 0.1) is 5.92 Å². The van der Waals surface area contributed by atoms with E-state index < -0.39 is 28.5 Å². The zero-order valence-electron chi connectivity index (χ0n) is 24.6. The van der Waals surface area contributed by atoms with Gasteiger partial charge in [-0.25, -0.2) is 8.42 Å². The van der Waals surface area contributed by atoms with Crippen molar-refractivity contribution in [2.45, 2.75) is 37.8 Å². The van der Waals surface area contributed by atoms with Gasteiger partial charge in [-0.15, -0.1) is 0 Å². The lowest BCUT2D eigenvalue weighted by Gasteiger charge is -2.34. The summed E-state index contributed by atoms with van der Waals surface area (Å²) in [4.78, 5) is 29.8. The van der Waals surface area contributed by atoms with Gasteiger partial charge in [-0.1, -0.05) is 106 Å². The summed E-state index contributed by atoms with van der Waals surface area (Å²) in [6, 6.07) is 30.9. The van der Waals surface area contributed by atoms with Gasteiger partial charge in [0, 0.05) is 28.5 Å². The van der Waals surface area contributed by atoms with Gasteiger partial charge in [0.2, 0.25) is 11.8 Å². The van der Waals surface area contributed by atoms with Crippen LogP contribution in [-0.2, 0) is 32.6 Å². The third-order valence-electron chi connectivity index (χ3n) is 6.95. The molecule has 0 aliphatic rings. The van der Waals surface area contributed by atoms with Crippen molar-refractivity contribution >= 4 is 59.4 Å². The molecule has 4 aromatic carbocycles. The number of carbonyl (C=O) groups is 2. The molecule has 7 nitrogen and oxygen atoms in total. The summed E-state index contributed by atoms with van der Waals surface area (Å²) in [6.45, 7) is 4.05. The molecule has 0 unspecified atom stereocenters. The standard InChI is InChI=1S/C34H35Br2N3O4S/c1-25(2)22-37-34(41)32(21-26-9-5-3-6-10-26)38(23-27-13-15-28(35)16-14-27)33(40)24-39(30-19-17-29(36)18-20-30)44(42,43)31-11-7-4-8-12-31/h3-20,25,32H,21-24H2,1-2H3,(H,37,41)/t32-/m1/s1. The molecule has 1 atom stereocenters. The van der Waals surface area contributed by atoms with Crippen molar-refractivity contribution in [3.05, 3.63) is 129 Å². The van der Waals surface area contributed by atoms with Gasteiger partial charge in [0.1, 0.15) is 12.6 Å². The van der Waals surface area contributed by atoms with Crippen LogP contribution in [0.25, 0.3) is 0 Å². The normalized spacial score (nSPS) is 12.0. The number of hydrogen-bond donors (Lipinski definition) is 1. The molecule has 0 saturated carbocycles.